The number of aromatic nitrogens is 1. The van der Waals surface area contributed by atoms with Crippen LogP contribution in [0.4, 0.5) is 8.78 Å². The van der Waals surface area contributed by atoms with E-state index in [0.29, 0.717) is 17.3 Å². The van der Waals surface area contributed by atoms with Crippen LogP contribution in [0.1, 0.15) is 33.0 Å². The molecule has 0 unspecified atom stereocenters. The maximum atomic E-state index is 13.5. The first-order valence-corrected chi connectivity index (χ1v) is 10.5. The first-order chi connectivity index (χ1) is 15.3. The van der Waals surface area contributed by atoms with E-state index >= 15 is 0 Å². The van der Waals surface area contributed by atoms with Gasteiger partial charge in [-0.05, 0) is 5.56 Å². The van der Waals surface area contributed by atoms with Crippen molar-refractivity contribution in [2.24, 2.45) is 4.99 Å². The van der Waals surface area contributed by atoms with Crippen LogP contribution in [0.2, 0.25) is 0 Å². The smallest absolute Gasteiger partial charge is 0.271 e. The summed E-state index contributed by atoms with van der Waals surface area (Å²) < 4.78 is 27.0. The summed E-state index contributed by atoms with van der Waals surface area (Å²) in [7, 11) is 0. The largest absolute Gasteiger partial charge is 0.342 e. The van der Waals surface area contributed by atoms with Gasteiger partial charge in [0.15, 0.2) is 12.6 Å². The number of carbonyl (C=O) groups is 2. The van der Waals surface area contributed by atoms with Crippen molar-refractivity contribution in [1.29, 1.82) is 5.26 Å². The Morgan fingerprint density at radius 1 is 1.38 bits per heavy atom. The molecule has 4 rings (SSSR count). The van der Waals surface area contributed by atoms with Crippen LogP contribution in [-0.4, -0.2) is 59.3 Å². The number of amidine groups is 1. The van der Waals surface area contributed by atoms with E-state index in [2.05, 4.69) is 20.8 Å². The number of halogens is 2. The molecule has 2 aromatic rings. The Labute approximate surface area is 185 Å². The molecule has 0 spiro atoms. The van der Waals surface area contributed by atoms with E-state index in [4.69, 9.17) is 10.1 Å². The lowest BCUT2D eigenvalue weighted by Crippen LogP contribution is -2.43. The second-order valence-electron chi connectivity index (χ2n) is 7.29. The Kier molecular flexibility index (Phi) is 6.11. The number of benzene rings is 1. The van der Waals surface area contributed by atoms with Crippen LogP contribution in [0, 0.1) is 11.3 Å². The van der Waals surface area contributed by atoms with Crippen molar-refractivity contribution in [3.8, 4) is 6.07 Å². The molecule has 0 saturated carbocycles. The quantitative estimate of drug-likeness (QED) is 0.674. The minimum absolute atomic E-state index is 0.139. The van der Waals surface area contributed by atoms with E-state index in [-0.39, 0.29) is 12.4 Å². The van der Waals surface area contributed by atoms with Gasteiger partial charge in [-0.3, -0.25) is 14.4 Å². The fourth-order valence-electron chi connectivity index (χ4n) is 3.37. The highest BCUT2D eigenvalue weighted by molar-refractivity contribution is 7.09. The molecule has 2 aliphatic heterocycles. The summed E-state index contributed by atoms with van der Waals surface area (Å²) in [5.74, 6) is -3.75. The van der Waals surface area contributed by atoms with Gasteiger partial charge >= 0.3 is 0 Å². The van der Waals surface area contributed by atoms with Crippen molar-refractivity contribution in [1.82, 2.24) is 20.7 Å². The fourth-order valence-corrected chi connectivity index (χ4v) is 4.18. The monoisotopic (exact) mass is 460 g/mol. The van der Waals surface area contributed by atoms with Gasteiger partial charge in [0.2, 0.25) is 5.91 Å². The molecule has 9 nitrogen and oxygen atoms in total. The van der Waals surface area contributed by atoms with Gasteiger partial charge in [-0.1, -0.05) is 24.3 Å². The number of thiazole rings is 1. The highest BCUT2D eigenvalue weighted by atomic mass is 32.1. The predicted octanol–water partition coefficient (Wildman–Crippen LogP) is 1.46. The van der Waals surface area contributed by atoms with Gasteiger partial charge in [0, 0.05) is 23.8 Å². The SMILES string of the molecule is N#C[C@@H]1CC(F)(F)CN1C(=O)CNC(=O)c1csc(Cc2ccc(C3=NCON3)cc2)n1. The number of nitriles is 1. The molecule has 2 amide bonds. The van der Waals surface area contributed by atoms with Gasteiger partial charge in [-0.15, -0.1) is 11.3 Å². The zero-order valence-corrected chi connectivity index (χ0v) is 17.5. The molecule has 3 heterocycles. The van der Waals surface area contributed by atoms with Crippen LogP contribution in [-0.2, 0) is 16.1 Å². The number of nitrogens with one attached hydrogen (secondary N) is 2. The third-order valence-corrected chi connectivity index (χ3v) is 5.81. The number of hydrogen-bond donors (Lipinski definition) is 2. The topological polar surface area (TPSA) is 120 Å². The maximum absolute atomic E-state index is 13.5. The molecule has 2 N–H and O–H groups in total. The molecule has 1 saturated heterocycles. The molecule has 1 fully saturated rings. The van der Waals surface area contributed by atoms with Crippen molar-refractivity contribution in [3.05, 3.63) is 51.5 Å². The normalized spacial score (nSPS) is 19.2. The number of hydroxylamine groups is 1. The minimum atomic E-state index is -3.10. The van der Waals surface area contributed by atoms with Crippen molar-refractivity contribution < 1.29 is 23.2 Å². The average molecular weight is 460 g/mol. The summed E-state index contributed by atoms with van der Waals surface area (Å²) in [4.78, 5) is 38.7. The van der Waals surface area contributed by atoms with E-state index in [1.807, 2.05) is 24.3 Å². The standard InChI is InChI=1S/C20H18F2N6O3S/c21-20(22)6-14(7-23)28(10-20)17(29)8-24-19(30)15-9-32-16(26-15)5-12-1-3-13(4-2-12)18-25-11-31-27-18/h1-4,9,14H,5-6,8,10-11H2,(H,24,30)(H,25,27)/t14-/m0/s1. The Morgan fingerprint density at radius 2 is 2.16 bits per heavy atom. The lowest BCUT2D eigenvalue weighted by Gasteiger charge is -2.19. The summed E-state index contributed by atoms with van der Waals surface area (Å²) in [5.41, 5.74) is 4.74. The first kappa shape index (κ1) is 21.8. The molecule has 166 valence electrons. The van der Waals surface area contributed by atoms with Crippen LogP contribution in [0.15, 0.2) is 34.6 Å². The molecule has 0 radical (unpaired) electrons. The van der Waals surface area contributed by atoms with Gasteiger partial charge in [-0.2, -0.15) is 5.26 Å². The van der Waals surface area contributed by atoms with Crippen LogP contribution >= 0.6 is 11.3 Å². The van der Waals surface area contributed by atoms with E-state index in [0.717, 1.165) is 16.0 Å². The summed E-state index contributed by atoms with van der Waals surface area (Å²) in [6, 6.07) is 8.16. The Morgan fingerprint density at radius 3 is 2.84 bits per heavy atom. The van der Waals surface area contributed by atoms with Crippen LogP contribution < -0.4 is 10.8 Å². The van der Waals surface area contributed by atoms with Crippen LogP contribution in [0.25, 0.3) is 0 Å². The molecular weight excluding hydrogens is 442 g/mol. The molecule has 0 bridgehead atoms. The molecule has 2 aliphatic rings. The molecule has 32 heavy (non-hydrogen) atoms. The number of aliphatic imine (C=N–C) groups is 1. The number of nitrogens with zero attached hydrogens (tertiary/aromatic N) is 4. The van der Waals surface area contributed by atoms with E-state index in [1.54, 1.807) is 11.4 Å². The predicted molar refractivity (Wildman–Crippen MR) is 110 cm³/mol. The van der Waals surface area contributed by atoms with Crippen molar-refractivity contribution >= 4 is 29.0 Å². The van der Waals surface area contributed by atoms with Gasteiger partial charge in [0.1, 0.15) is 11.7 Å². The first-order valence-electron chi connectivity index (χ1n) is 9.66. The lowest BCUT2D eigenvalue weighted by molar-refractivity contribution is -0.131. The highest BCUT2D eigenvalue weighted by Gasteiger charge is 2.47. The zero-order valence-electron chi connectivity index (χ0n) is 16.7. The average Bonchev–Trinajstić information content (AvgIpc) is 3.52. The van der Waals surface area contributed by atoms with Crippen LogP contribution in [0.5, 0.6) is 0 Å². The number of rotatable bonds is 6. The summed E-state index contributed by atoms with van der Waals surface area (Å²) in [6.45, 7) is -1.03. The highest BCUT2D eigenvalue weighted by Crippen LogP contribution is 2.31. The lowest BCUT2D eigenvalue weighted by atomic mass is 10.1. The number of amides is 2. The second-order valence-corrected chi connectivity index (χ2v) is 8.23. The Balaban J connectivity index is 1.31. The maximum Gasteiger partial charge on any atom is 0.271 e. The van der Waals surface area contributed by atoms with Crippen LogP contribution in [0.3, 0.4) is 0 Å². The zero-order chi connectivity index (χ0) is 22.7. The number of alkyl halides is 2. The van der Waals surface area contributed by atoms with Gasteiger partial charge in [0.25, 0.3) is 11.8 Å². The number of carbonyl (C=O) groups excluding carboxylic acids is 2. The van der Waals surface area contributed by atoms with Crippen molar-refractivity contribution in [2.75, 3.05) is 19.8 Å². The molecule has 0 aliphatic carbocycles. The Hall–Kier alpha value is -3.43. The molecule has 1 aromatic carbocycles. The van der Waals surface area contributed by atoms with Crippen molar-refractivity contribution in [2.45, 2.75) is 24.8 Å². The molecule has 12 heteroatoms. The number of likely N-dealkylation sites (tertiary alicyclic amines) is 1. The molecule has 1 aromatic heterocycles. The van der Waals surface area contributed by atoms with Gasteiger partial charge in [-0.25, -0.2) is 24.2 Å². The summed E-state index contributed by atoms with van der Waals surface area (Å²) in [5, 5.41) is 13.6. The second kappa shape index (κ2) is 8.97. The fraction of sp³-hybridized carbons (Fsp3) is 0.350. The summed E-state index contributed by atoms with van der Waals surface area (Å²) >= 11 is 1.30. The van der Waals surface area contributed by atoms with Crippen molar-refractivity contribution in [3.63, 3.8) is 0 Å². The number of hydrogen-bond acceptors (Lipinski definition) is 8. The van der Waals surface area contributed by atoms with Gasteiger partial charge < -0.3 is 10.2 Å². The third kappa shape index (κ3) is 4.90. The van der Waals surface area contributed by atoms with E-state index in [9.17, 15) is 18.4 Å². The van der Waals surface area contributed by atoms with E-state index in [1.165, 1.54) is 11.3 Å². The van der Waals surface area contributed by atoms with E-state index < -0.39 is 43.3 Å². The molecular formula is C20H18F2N6O3S. The molecule has 1 atom stereocenters. The third-order valence-electron chi connectivity index (χ3n) is 4.96. The van der Waals surface area contributed by atoms with Gasteiger partial charge in [0.05, 0.1) is 24.2 Å². The summed E-state index contributed by atoms with van der Waals surface area (Å²) in [6.07, 6.45) is -0.182. The minimum Gasteiger partial charge on any atom is -0.342 e. The Bertz CT molecular complexity index is 1100.